The van der Waals surface area contributed by atoms with Gasteiger partial charge in [0.2, 0.25) is 5.91 Å². The van der Waals surface area contributed by atoms with E-state index in [0.717, 1.165) is 23.5 Å². The highest BCUT2D eigenvalue weighted by atomic mass is 32.1. The molecule has 0 aliphatic rings. The Bertz CT molecular complexity index is 669. The number of aromatic nitrogens is 1. The van der Waals surface area contributed by atoms with E-state index >= 15 is 0 Å². The first kappa shape index (κ1) is 17.2. The van der Waals surface area contributed by atoms with E-state index in [4.69, 9.17) is 4.74 Å². The molecule has 0 saturated heterocycles. The third-order valence-corrected chi connectivity index (χ3v) is 4.55. The minimum Gasteiger partial charge on any atom is -0.449 e. The van der Waals surface area contributed by atoms with Crippen LogP contribution < -0.4 is 16.2 Å². The minimum absolute atomic E-state index is 0.117. The Morgan fingerprint density at radius 3 is 2.87 bits per heavy atom. The number of carbonyl (C=O) groups is 2. The summed E-state index contributed by atoms with van der Waals surface area (Å²) in [6.07, 6.45) is 1.13. The van der Waals surface area contributed by atoms with Crippen molar-refractivity contribution in [3.8, 4) is 0 Å². The predicted molar refractivity (Wildman–Crippen MR) is 91.9 cm³/mol. The van der Waals surface area contributed by atoms with E-state index in [1.807, 2.05) is 17.5 Å². The molecule has 0 atom stereocenters. The average molecular weight is 354 g/mol. The Kier molecular flexibility index (Phi) is 6.36. The number of rotatable bonds is 7. The van der Waals surface area contributed by atoms with Gasteiger partial charge in [0.1, 0.15) is 5.00 Å². The number of anilines is 2. The van der Waals surface area contributed by atoms with Gasteiger partial charge in [0.15, 0.2) is 5.13 Å². The van der Waals surface area contributed by atoms with Crippen LogP contribution in [0, 0.1) is 0 Å². The van der Waals surface area contributed by atoms with Crippen LogP contribution in [0.4, 0.5) is 14.9 Å². The van der Waals surface area contributed by atoms with E-state index in [9.17, 15) is 9.59 Å². The van der Waals surface area contributed by atoms with Gasteiger partial charge in [0.25, 0.3) is 0 Å². The topological polar surface area (TPSA) is 92.4 Å². The summed E-state index contributed by atoms with van der Waals surface area (Å²) in [6.45, 7) is 3.54. The molecule has 2 aromatic heterocycles. The van der Waals surface area contributed by atoms with E-state index in [2.05, 4.69) is 21.2 Å². The lowest BCUT2D eigenvalue weighted by molar-refractivity contribution is -0.114. The molecule has 9 heteroatoms. The molecule has 0 fully saturated rings. The van der Waals surface area contributed by atoms with Gasteiger partial charge in [-0.15, -0.1) is 22.7 Å². The van der Waals surface area contributed by atoms with Crippen LogP contribution in [0.15, 0.2) is 17.5 Å². The van der Waals surface area contributed by atoms with Crippen molar-refractivity contribution in [3.05, 3.63) is 28.1 Å². The van der Waals surface area contributed by atoms with Gasteiger partial charge in [-0.2, -0.15) is 0 Å². The van der Waals surface area contributed by atoms with Crippen molar-refractivity contribution in [2.75, 3.05) is 17.3 Å². The van der Waals surface area contributed by atoms with Crippen LogP contribution in [0.25, 0.3) is 0 Å². The van der Waals surface area contributed by atoms with E-state index < -0.39 is 6.09 Å². The summed E-state index contributed by atoms with van der Waals surface area (Å²) in [7, 11) is 0. The molecule has 0 radical (unpaired) electrons. The second-order valence-corrected chi connectivity index (χ2v) is 6.59. The van der Waals surface area contributed by atoms with Gasteiger partial charge in [-0.25, -0.2) is 15.2 Å². The van der Waals surface area contributed by atoms with Crippen molar-refractivity contribution < 1.29 is 14.3 Å². The number of thiophene rings is 1. The molecule has 0 saturated carbocycles. The number of thiazole rings is 1. The quantitative estimate of drug-likeness (QED) is 0.665. The Morgan fingerprint density at radius 1 is 1.30 bits per heavy atom. The number of aryl methyl sites for hydroxylation is 2. The number of hydrogen-bond donors (Lipinski definition) is 3. The molecule has 0 aromatic carbocycles. The number of nitrogens with one attached hydrogen (secondary N) is 3. The smallest absolute Gasteiger partial charge is 0.425 e. The van der Waals surface area contributed by atoms with Gasteiger partial charge in [0.05, 0.1) is 12.3 Å². The lowest BCUT2D eigenvalue weighted by atomic mass is 10.2. The lowest BCUT2D eigenvalue weighted by Crippen LogP contribution is -2.29. The standard InChI is InChI=1S/C14H18N4O3S2/c1-3-21-14(20)18-17-12-7-6-11(23-12)5-4-10-8-22-13(16-10)15-9(2)19/h6-8,17H,3-5H2,1-2H3,(H,18,20)(H,15,16,19). The second-order valence-electron chi connectivity index (χ2n) is 4.56. The van der Waals surface area contributed by atoms with Crippen LogP contribution in [0.2, 0.25) is 0 Å². The largest absolute Gasteiger partial charge is 0.449 e. The van der Waals surface area contributed by atoms with Gasteiger partial charge in [-0.1, -0.05) is 0 Å². The van der Waals surface area contributed by atoms with E-state index in [-0.39, 0.29) is 5.91 Å². The van der Waals surface area contributed by atoms with Crippen molar-refractivity contribution in [2.24, 2.45) is 0 Å². The summed E-state index contributed by atoms with van der Waals surface area (Å²) in [4.78, 5) is 27.7. The zero-order chi connectivity index (χ0) is 16.7. The van der Waals surface area contributed by atoms with Crippen molar-refractivity contribution >= 4 is 44.8 Å². The molecule has 124 valence electrons. The molecule has 2 amide bonds. The molecule has 23 heavy (non-hydrogen) atoms. The van der Waals surface area contributed by atoms with Crippen LogP contribution >= 0.6 is 22.7 Å². The average Bonchev–Trinajstić information content (AvgIpc) is 3.12. The molecule has 0 unspecified atom stereocenters. The number of hydrazine groups is 1. The number of hydrogen-bond acceptors (Lipinski definition) is 7. The van der Waals surface area contributed by atoms with Gasteiger partial charge in [0, 0.05) is 17.2 Å². The van der Waals surface area contributed by atoms with Gasteiger partial charge >= 0.3 is 6.09 Å². The third kappa shape index (κ3) is 5.87. The van der Waals surface area contributed by atoms with E-state index in [0.29, 0.717) is 11.7 Å². The number of carbonyl (C=O) groups excluding carboxylic acids is 2. The predicted octanol–water partition coefficient (Wildman–Crippen LogP) is 3.02. The first-order valence-electron chi connectivity index (χ1n) is 7.06. The fraction of sp³-hybridized carbons (Fsp3) is 0.357. The van der Waals surface area contributed by atoms with Crippen LogP contribution in [-0.4, -0.2) is 23.6 Å². The third-order valence-electron chi connectivity index (χ3n) is 2.69. The summed E-state index contributed by atoms with van der Waals surface area (Å²) >= 11 is 2.97. The normalized spacial score (nSPS) is 10.2. The Balaban J connectivity index is 1.79. The summed E-state index contributed by atoms with van der Waals surface area (Å²) in [5.74, 6) is -0.117. The van der Waals surface area contributed by atoms with Gasteiger partial charge in [-0.05, 0) is 31.9 Å². The Hall–Kier alpha value is -2.13. The van der Waals surface area contributed by atoms with E-state index in [1.54, 1.807) is 18.3 Å². The zero-order valence-electron chi connectivity index (χ0n) is 12.8. The molecule has 0 aliphatic carbocycles. The van der Waals surface area contributed by atoms with Gasteiger partial charge < -0.3 is 10.1 Å². The SMILES string of the molecule is CCOC(=O)NNc1ccc(CCc2csc(NC(C)=O)n2)s1. The van der Waals surface area contributed by atoms with Crippen LogP contribution in [0.1, 0.15) is 24.4 Å². The molecule has 0 aliphatic heterocycles. The number of nitrogens with zero attached hydrogens (tertiary/aromatic N) is 1. The summed E-state index contributed by atoms with van der Waals surface area (Å²) in [6, 6.07) is 3.90. The maximum absolute atomic E-state index is 11.2. The molecule has 2 heterocycles. The summed E-state index contributed by atoms with van der Waals surface area (Å²) in [5.41, 5.74) is 6.21. The molecular weight excluding hydrogens is 336 g/mol. The van der Waals surface area contributed by atoms with Gasteiger partial charge in [-0.3, -0.25) is 10.2 Å². The lowest BCUT2D eigenvalue weighted by Gasteiger charge is -2.05. The monoisotopic (exact) mass is 354 g/mol. The number of amides is 2. The number of ether oxygens (including phenoxy) is 1. The fourth-order valence-corrected chi connectivity index (χ4v) is 3.39. The molecule has 0 spiro atoms. The van der Waals surface area contributed by atoms with Crippen molar-refractivity contribution in [2.45, 2.75) is 26.7 Å². The maximum Gasteiger partial charge on any atom is 0.425 e. The Morgan fingerprint density at radius 2 is 2.13 bits per heavy atom. The van der Waals surface area contributed by atoms with Crippen molar-refractivity contribution in [1.82, 2.24) is 10.4 Å². The maximum atomic E-state index is 11.2. The second kappa shape index (κ2) is 8.49. The molecule has 2 rings (SSSR count). The Labute approximate surface area is 142 Å². The van der Waals surface area contributed by atoms with Crippen molar-refractivity contribution in [1.29, 1.82) is 0 Å². The molecule has 3 N–H and O–H groups in total. The summed E-state index contributed by atoms with van der Waals surface area (Å²) < 4.78 is 4.76. The first-order chi connectivity index (χ1) is 11.1. The molecule has 0 bridgehead atoms. The fourth-order valence-electron chi connectivity index (χ4n) is 1.74. The molecule has 2 aromatic rings. The highest BCUT2D eigenvalue weighted by molar-refractivity contribution is 7.16. The van der Waals surface area contributed by atoms with Crippen molar-refractivity contribution in [3.63, 3.8) is 0 Å². The first-order valence-corrected chi connectivity index (χ1v) is 8.76. The molecular formula is C14H18N4O3S2. The van der Waals surface area contributed by atoms with Crippen LogP contribution in [-0.2, 0) is 22.4 Å². The molecule has 7 nitrogen and oxygen atoms in total. The summed E-state index contributed by atoms with van der Waals surface area (Å²) in [5, 5.41) is 6.08. The zero-order valence-corrected chi connectivity index (χ0v) is 14.5. The van der Waals surface area contributed by atoms with Crippen LogP contribution in [0.5, 0.6) is 0 Å². The minimum atomic E-state index is -0.504. The highest BCUT2D eigenvalue weighted by Gasteiger charge is 2.06. The van der Waals surface area contributed by atoms with E-state index in [1.165, 1.54) is 23.1 Å². The van der Waals surface area contributed by atoms with Crippen LogP contribution in [0.3, 0.4) is 0 Å². The highest BCUT2D eigenvalue weighted by Crippen LogP contribution is 2.23.